The number of hydrogen-bond acceptors (Lipinski definition) is 6. The molecule has 2 aliphatic heterocycles. The Morgan fingerprint density at radius 1 is 1.11 bits per heavy atom. The molecule has 8 heteroatoms. The molecule has 0 bridgehead atoms. The van der Waals surface area contributed by atoms with Crippen molar-refractivity contribution >= 4 is 5.91 Å². The Bertz CT molecular complexity index is 770. The summed E-state index contributed by atoms with van der Waals surface area (Å²) in [6, 6.07) is 0. The van der Waals surface area contributed by atoms with Crippen LogP contribution < -0.4 is 0 Å². The van der Waals surface area contributed by atoms with E-state index in [1.165, 1.54) is 25.5 Å². The molecule has 27 heavy (non-hydrogen) atoms. The lowest BCUT2D eigenvalue weighted by Crippen LogP contribution is -2.40. The highest BCUT2D eigenvalue weighted by molar-refractivity contribution is 5.92. The highest BCUT2D eigenvalue weighted by Gasteiger charge is 2.29. The van der Waals surface area contributed by atoms with E-state index in [0.29, 0.717) is 12.2 Å². The number of hydrogen-bond donors (Lipinski definition) is 0. The van der Waals surface area contributed by atoms with E-state index in [-0.39, 0.29) is 11.8 Å². The highest BCUT2D eigenvalue weighted by Crippen LogP contribution is 2.27. The number of piperidine rings is 2. The largest absolute Gasteiger partial charge is 0.337 e. The molecule has 2 saturated heterocycles. The molecule has 2 aromatic heterocycles. The van der Waals surface area contributed by atoms with E-state index >= 15 is 0 Å². The van der Waals surface area contributed by atoms with Gasteiger partial charge in [0.15, 0.2) is 0 Å². The molecule has 0 saturated carbocycles. The number of carbonyl (C=O) groups excluding carboxylic acids is 1. The first-order chi connectivity index (χ1) is 13.2. The molecule has 0 N–H and O–H groups in total. The lowest BCUT2D eigenvalue weighted by molar-refractivity contribution is 0.0697. The van der Waals surface area contributed by atoms with E-state index in [0.717, 1.165) is 50.7 Å². The second-order valence-electron chi connectivity index (χ2n) is 7.55. The summed E-state index contributed by atoms with van der Waals surface area (Å²) in [6.07, 6.45) is 10.5. The fourth-order valence-electron chi connectivity index (χ4n) is 4.13. The summed E-state index contributed by atoms with van der Waals surface area (Å²) in [5, 5.41) is 8.95. The van der Waals surface area contributed by atoms with Crippen molar-refractivity contribution in [3.05, 3.63) is 35.9 Å². The maximum atomic E-state index is 12.7. The zero-order chi connectivity index (χ0) is 18.6. The minimum Gasteiger partial charge on any atom is -0.337 e. The first-order valence-corrected chi connectivity index (χ1v) is 9.88. The number of nitrogens with zero attached hydrogens (tertiary/aromatic N) is 7. The predicted molar refractivity (Wildman–Crippen MR) is 100 cm³/mol. The summed E-state index contributed by atoms with van der Waals surface area (Å²) in [5.41, 5.74) is 0.405. The highest BCUT2D eigenvalue weighted by atomic mass is 16.2. The Kier molecular flexibility index (Phi) is 5.42. The number of rotatable bonds is 4. The van der Waals surface area contributed by atoms with Crippen molar-refractivity contribution in [3.8, 4) is 0 Å². The van der Waals surface area contributed by atoms with Crippen molar-refractivity contribution in [2.75, 3.05) is 26.2 Å². The topological polar surface area (TPSA) is 80.0 Å². The van der Waals surface area contributed by atoms with Crippen molar-refractivity contribution in [1.82, 2.24) is 34.5 Å². The lowest BCUT2D eigenvalue weighted by Gasteiger charge is -2.32. The van der Waals surface area contributed by atoms with Crippen LogP contribution in [0.5, 0.6) is 0 Å². The quantitative estimate of drug-likeness (QED) is 0.815. The Morgan fingerprint density at radius 3 is 2.74 bits per heavy atom. The molecule has 4 rings (SSSR count). The van der Waals surface area contributed by atoms with Gasteiger partial charge in [0.05, 0.1) is 12.7 Å². The van der Waals surface area contributed by atoms with Crippen LogP contribution in [-0.2, 0) is 13.6 Å². The summed E-state index contributed by atoms with van der Waals surface area (Å²) in [5.74, 6) is 2.17. The molecule has 1 unspecified atom stereocenters. The van der Waals surface area contributed by atoms with E-state index in [1.54, 1.807) is 12.4 Å². The van der Waals surface area contributed by atoms with Gasteiger partial charge in [0.1, 0.15) is 17.3 Å². The van der Waals surface area contributed by atoms with Gasteiger partial charge in [-0.15, -0.1) is 10.2 Å². The average Bonchev–Trinajstić information content (AvgIpc) is 3.09. The normalized spacial score (nSPS) is 21.4. The van der Waals surface area contributed by atoms with Crippen LogP contribution in [0, 0.1) is 0 Å². The Labute approximate surface area is 159 Å². The zero-order valence-electron chi connectivity index (χ0n) is 15.9. The Balaban J connectivity index is 1.44. The van der Waals surface area contributed by atoms with Gasteiger partial charge in [-0.2, -0.15) is 0 Å². The van der Waals surface area contributed by atoms with E-state index in [4.69, 9.17) is 0 Å². The molecular weight excluding hydrogens is 342 g/mol. The molecule has 144 valence electrons. The van der Waals surface area contributed by atoms with Gasteiger partial charge in [-0.25, -0.2) is 4.98 Å². The summed E-state index contributed by atoms with van der Waals surface area (Å²) in [7, 11) is 2.05. The van der Waals surface area contributed by atoms with Gasteiger partial charge in [-0.3, -0.25) is 14.7 Å². The number of likely N-dealkylation sites (tertiary alicyclic amines) is 2. The fourth-order valence-corrected chi connectivity index (χ4v) is 4.13. The molecule has 2 aliphatic rings. The average molecular weight is 369 g/mol. The monoisotopic (exact) mass is 369 g/mol. The maximum absolute atomic E-state index is 12.7. The van der Waals surface area contributed by atoms with Crippen LogP contribution in [0.15, 0.2) is 18.6 Å². The molecule has 0 radical (unpaired) electrons. The molecule has 4 heterocycles. The molecule has 0 aliphatic carbocycles. The smallest absolute Gasteiger partial charge is 0.274 e. The SMILES string of the molecule is Cn1c(CN2CCCCC2)nnc1C1CCCN(C(=O)c2cnccn2)C1. The second kappa shape index (κ2) is 8.12. The van der Waals surface area contributed by atoms with E-state index in [1.807, 2.05) is 4.90 Å². The zero-order valence-corrected chi connectivity index (χ0v) is 15.9. The number of carbonyl (C=O) groups is 1. The minimum atomic E-state index is -0.0523. The van der Waals surface area contributed by atoms with Crippen molar-refractivity contribution < 1.29 is 4.79 Å². The third kappa shape index (κ3) is 4.00. The van der Waals surface area contributed by atoms with Crippen LogP contribution in [0.4, 0.5) is 0 Å². The van der Waals surface area contributed by atoms with Gasteiger partial charge in [-0.05, 0) is 38.8 Å². The summed E-state index contributed by atoms with van der Waals surface area (Å²) >= 11 is 0. The van der Waals surface area contributed by atoms with Crippen molar-refractivity contribution in [1.29, 1.82) is 0 Å². The van der Waals surface area contributed by atoms with Crippen molar-refractivity contribution in [2.24, 2.45) is 7.05 Å². The maximum Gasteiger partial charge on any atom is 0.274 e. The Hall–Kier alpha value is -2.35. The Morgan fingerprint density at radius 2 is 1.96 bits per heavy atom. The fraction of sp³-hybridized carbons (Fsp3) is 0.632. The van der Waals surface area contributed by atoms with Crippen LogP contribution in [0.2, 0.25) is 0 Å². The lowest BCUT2D eigenvalue weighted by atomic mass is 9.97. The number of amides is 1. The third-order valence-corrected chi connectivity index (χ3v) is 5.67. The van der Waals surface area contributed by atoms with Gasteiger partial charge < -0.3 is 9.47 Å². The van der Waals surface area contributed by atoms with Gasteiger partial charge in [-0.1, -0.05) is 6.42 Å². The van der Waals surface area contributed by atoms with Gasteiger partial charge in [0.2, 0.25) is 0 Å². The molecule has 8 nitrogen and oxygen atoms in total. The first kappa shape index (κ1) is 18.0. The van der Waals surface area contributed by atoms with Crippen LogP contribution in [0.1, 0.15) is 60.2 Å². The van der Waals surface area contributed by atoms with Crippen LogP contribution in [0.25, 0.3) is 0 Å². The predicted octanol–water partition coefficient (Wildman–Crippen LogP) is 1.61. The summed E-state index contributed by atoms with van der Waals surface area (Å²) < 4.78 is 2.13. The molecule has 2 fully saturated rings. The third-order valence-electron chi connectivity index (χ3n) is 5.67. The molecule has 1 atom stereocenters. The summed E-state index contributed by atoms with van der Waals surface area (Å²) in [6.45, 7) is 4.56. The molecule has 0 spiro atoms. The van der Waals surface area contributed by atoms with E-state index < -0.39 is 0 Å². The molecule has 0 aromatic carbocycles. The molecule has 1 amide bonds. The summed E-state index contributed by atoms with van der Waals surface area (Å²) in [4.78, 5) is 25.2. The van der Waals surface area contributed by atoms with E-state index in [9.17, 15) is 4.79 Å². The second-order valence-corrected chi connectivity index (χ2v) is 7.55. The molecule has 2 aromatic rings. The van der Waals surface area contributed by atoms with Crippen molar-refractivity contribution in [3.63, 3.8) is 0 Å². The van der Waals surface area contributed by atoms with Crippen molar-refractivity contribution in [2.45, 2.75) is 44.6 Å². The first-order valence-electron chi connectivity index (χ1n) is 9.88. The minimum absolute atomic E-state index is 0.0523. The van der Waals surface area contributed by atoms with Gasteiger partial charge >= 0.3 is 0 Å². The van der Waals surface area contributed by atoms with Crippen LogP contribution >= 0.6 is 0 Å². The number of aromatic nitrogens is 5. The van der Waals surface area contributed by atoms with Crippen LogP contribution in [0.3, 0.4) is 0 Å². The van der Waals surface area contributed by atoms with Crippen LogP contribution in [-0.4, -0.2) is 66.6 Å². The van der Waals surface area contributed by atoms with E-state index in [2.05, 4.69) is 36.7 Å². The van der Waals surface area contributed by atoms with Gasteiger partial charge in [0, 0.05) is 38.4 Å². The standard InChI is InChI=1S/C19H27N7O/c1-24-17(14-25-9-3-2-4-10-25)22-23-18(24)15-6-5-11-26(13-15)19(27)16-12-20-7-8-21-16/h7-8,12,15H,2-6,9-11,13-14H2,1H3. The van der Waals surface area contributed by atoms with Gasteiger partial charge in [0.25, 0.3) is 5.91 Å². The molecular formula is C19H27N7O.